The third kappa shape index (κ3) is 3.45. The summed E-state index contributed by atoms with van der Waals surface area (Å²) in [6.07, 6.45) is 2.02. The van der Waals surface area contributed by atoms with Crippen LogP contribution in [0.1, 0.15) is 23.3 Å². The van der Waals surface area contributed by atoms with E-state index in [-0.39, 0.29) is 12.3 Å². The van der Waals surface area contributed by atoms with Gasteiger partial charge in [-0.25, -0.2) is 4.98 Å². The van der Waals surface area contributed by atoms with Gasteiger partial charge in [0, 0.05) is 25.4 Å². The van der Waals surface area contributed by atoms with Crippen LogP contribution in [0.15, 0.2) is 28.2 Å². The Kier molecular flexibility index (Phi) is 4.52. The van der Waals surface area contributed by atoms with Crippen molar-refractivity contribution >= 4 is 23.2 Å². The number of aromatic nitrogens is 1. The molecule has 0 radical (unpaired) electrons. The minimum atomic E-state index is -0.861. The van der Waals surface area contributed by atoms with E-state index in [0.717, 1.165) is 0 Å². The van der Waals surface area contributed by atoms with E-state index in [0.29, 0.717) is 29.4 Å². The molecule has 0 aliphatic rings. The van der Waals surface area contributed by atoms with Crippen molar-refractivity contribution in [2.45, 2.75) is 12.8 Å². The molecule has 0 fully saturated rings. The van der Waals surface area contributed by atoms with Crippen molar-refractivity contribution < 1.29 is 19.1 Å². The van der Waals surface area contributed by atoms with Gasteiger partial charge in [-0.2, -0.15) is 0 Å². The molecule has 0 saturated carbocycles. The molecular weight excluding hydrogens is 280 g/mol. The van der Waals surface area contributed by atoms with Gasteiger partial charge in [0.1, 0.15) is 5.69 Å². The van der Waals surface area contributed by atoms with Crippen LogP contribution >= 0.6 is 11.3 Å². The zero-order valence-electron chi connectivity index (χ0n) is 10.9. The van der Waals surface area contributed by atoms with Crippen molar-refractivity contribution in [3.8, 4) is 10.8 Å². The second-order valence-electron chi connectivity index (χ2n) is 4.24. The molecule has 0 aliphatic heterocycles. The fourth-order valence-electron chi connectivity index (χ4n) is 1.65. The van der Waals surface area contributed by atoms with Gasteiger partial charge in [0.2, 0.25) is 0 Å². The number of nitrogens with zero attached hydrogens (tertiary/aromatic N) is 2. The van der Waals surface area contributed by atoms with Gasteiger partial charge in [-0.05, 0) is 18.6 Å². The maximum absolute atomic E-state index is 12.1. The lowest BCUT2D eigenvalue weighted by Crippen LogP contribution is -2.28. The predicted octanol–water partition coefficient (Wildman–Crippen LogP) is 2.34. The normalized spacial score (nSPS) is 10.4. The number of carbonyl (C=O) groups excluding carboxylic acids is 1. The third-order valence-electron chi connectivity index (χ3n) is 2.69. The van der Waals surface area contributed by atoms with Gasteiger partial charge in [0.25, 0.3) is 5.91 Å². The highest BCUT2D eigenvalue weighted by Crippen LogP contribution is 2.24. The summed E-state index contributed by atoms with van der Waals surface area (Å²) in [6, 6.07) is 3.54. The summed E-state index contributed by atoms with van der Waals surface area (Å²) in [5, 5.41) is 10.9. The van der Waals surface area contributed by atoms with E-state index < -0.39 is 5.97 Å². The summed E-state index contributed by atoms with van der Waals surface area (Å²) in [6.45, 7) is 0.388. The standard InChI is InChI=1S/C13H14N2O4S/c1-15(6-2-5-11(16)17)13(18)9-8-20-12(14-9)10-4-3-7-19-10/h3-4,7-8H,2,5-6H2,1H3,(H,16,17). The number of hydrogen-bond donors (Lipinski definition) is 1. The molecule has 0 bridgehead atoms. The van der Waals surface area contributed by atoms with Gasteiger partial charge in [0.15, 0.2) is 10.8 Å². The summed E-state index contributed by atoms with van der Waals surface area (Å²) < 4.78 is 5.22. The van der Waals surface area contributed by atoms with Gasteiger partial charge in [-0.3, -0.25) is 9.59 Å². The van der Waals surface area contributed by atoms with Crippen LogP contribution < -0.4 is 0 Å². The molecule has 1 amide bonds. The van der Waals surface area contributed by atoms with E-state index in [9.17, 15) is 9.59 Å². The van der Waals surface area contributed by atoms with Gasteiger partial charge in [0.05, 0.1) is 6.26 Å². The number of aliphatic carboxylic acids is 1. The van der Waals surface area contributed by atoms with Crippen LogP contribution in [0.5, 0.6) is 0 Å². The zero-order valence-corrected chi connectivity index (χ0v) is 11.7. The van der Waals surface area contributed by atoms with Crippen LogP contribution in [-0.2, 0) is 4.79 Å². The van der Waals surface area contributed by atoms with E-state index in [1.165, 1.54) is 16.2 Å². The predicted molar refractivity (Wildman–Crippen MR) is 73.6 cm³/mol. The molecule has 1 N–H and O–H groups in total. The molecule has 0 spiro atoms. The molecule has 0 saturated heterocycles. The van der Waals surface area contributed by atoms with Crippen molar-refractivity contribution in [1.82, 2.24) is 9.88 Å². The molecule has 2 aromatic rings. The Bertz CT molecular complexity index is 591. The molecule has 2 aromatic heterocycles. The fourth-order valence-corrected chi connectivity index (χ4v) is 2.41. The highest BCUT2D eigenvalue weighted by molar-refractivity contribution is 7.13. The van der Waals surface area contributed by atoms with Crippen molar-refractivity contribution in [3.63, 3.8) is 0 Å². The second kappa shape index (κ2) is 6.33. The zero-order chi connectivity index (χ0) is 14.5. The average molecular weight is 294 g/mol. The third-order valence-corrected chi connectivity index (χ3v) is 3.54. The maximum atomic E-state index is 12.1. The van der Waals surface area contributed by atoms with Crippen molar-refractivity contribution in [3.05, 3.63) is 29.5 Å². The minimum absolute atomic E-state index is 0.0479. The highest BCUT2D eigenvalue weighted by atomic mass is 32.1. The number of rotatable bonds is 6. The second-order valence-corrected chi connectivity index (χ2v) is 5.10. The molecule has 7 heteroatoms. The molecule has 0 atom stereocenters. The van der Waals surface area contributed by atoms with Crippen LogP contribution in [0, 0.1) is 0 Å². The molecule has 0 unspecified atom stereocenters. The molecule has 6 nitrogen and oxygen atoms in total. The number of hydrogen-bond acceptors (Lipinski definition) is 5. The Morgan fingerprint density at radius 3 is 2.95 bits per heavy atom. The first-order valence-corrected chi connectivity index (χ1v) is 6.92. The number of carboxylic acids is 1. The van der Waals surface area contributed by atoms with Crippen LogP contribution in [-0.4, -0.2) is 40.5 Å². The summed E-state index contributed by atoms with van der Waals surface area (Å²) in [5.74, 6) is -0.452. The van der Waals surface area contributed by atoms with E-state index in [2.05, 4.69) is 4.98 Å². The summed E-state index contributed by atoms with van der Waals surface area (Å²) in [4.78, 5) is 28.2. The van der Waals surface area contributed by atoms with E-state index in [4.69, 9.17) is 9.52 Å². The van der Waals surface area contributed by atoms with Crippen molar-refractivity contribution in [1.29, 1.82) is 0 Å². The highest BCUT2D eigenvalue weighted by Gasteiger charge is 2.16. The van der Waals surface area contributed by atoms with Crippen molar-refractivity contribution in [2.24, 2.45) is 0 Å². The van der Waals surface area contributed by atoms with E-state index in [1.807, 2.05) is 0 Å². The maximum Gasteiger partial charge on any atom is 0.303 e. The van der Waals surface area contributed by atoms with E-state index >= 15 is 0 Å². The SMILES string of the molecule is CN(CCCC(=O)O)C(=O)c1csc(-c2ccco2)n1. The van der Waals surface area contributed by atoms with Crippen LogP contribution in [0.2, 0.25) is 0 Å². The monoisotopic (exact) mass is 294 g/mol. The van der Waals surface area contributed by atoms with Gasteiger partial charge < -0.3 is 14.4 Å². The summed E-state index contributed by atoms with van der Waals surface area (Å²) in [5.41, 5.74) is 0.347. The molecular formula is C13H14N2O4S. The number of carbonyl (C=O) groups is 2. The molecule has 2 heterocycles. The number of furan rings is 1. The Labute approximate surface area is 119 Å². The molecule has 0 aliphatic carbocycles. The quantitative estimate of drug-likeness (QED) is 0.884. The van der Waals surface area contributed by atoms with Gasteiger partial charge >= 0.3 is 5.97 Å². The van der Waals surface area contributed by atoms with Gasteiger partial charge in [-0.15, -0.1) is 11.3 Å². The van der Waals surface area contributed by atoms with Crippen molar-refractivity contribution in [2.75, 3.05) is 13.6 Å². The minimum Gasteiger partial charge on any atom is -0.481 e. The van der Waals surface area contributed by atoms with Gasteiger partial charge in [-0.1, -0.05) is 0 Å². The van der Waals surface area contributed by atoms with E-state index in [1.54, 1.807) is 30.8 Å². The summed E-state index contributed by atoms with van der Waals surface area (Å²) >= 11 is 1.34. The van der Waals surface area contributed by atoms with Crippen LogP contribution in [0.25, 0.3) is 10.8 Å². The smallest absolute Gasteiger partial charge is 0.303 e. The molecule has 106 valence electrons. The Balaban J connectivity index is 1.97. The Hall–Kier alpha value is -2.15. The molecule has 0 aromatic carbocycles. The lowest BCUT2D eigenvalue weighted by atomic mass is 10.3. The summed E-state index contributed by atoms with van der Waals surface area (Å²) in [7, 11) is 1.64. The lowest BCUT2D eigenvalue weighted by molar-refractivity contribution is -0.137. The Morgan fingerprint density at radius 1 is 1.50 bits per heavy atom. The lowest BCUT2D eigenvalue weighted by Gasteiger charge is -2.14. The molecule has 20 heavy (non-hydrogen) atoms. The number of carboxylic acid groups (broad SMARTS) is 1. The van der Waals surface area contributed by atoms with Crippen LogP contribution in [0.4, 0.5) is 0 Å². The fraction of sp³-hybridized carbons (Fsp3) is 0.308. The number of thiazole rings is 1. The average Bonchev–Trinajstić information content (AvgIpc) is 3.07. The Morgan fingerprint density at radius 2 is 2.30 bits per heavy atom. The largest absolute Gasteiger partial charge is 0.481 e. The first-order chi connectivity index (χ1) is 9.58. The molecule has 2 rings (SSSR count). The van der Waals surface area contributed by atoms with Crippen LogP contribution in [0.3, 0.4) is 0 Å². The number of amides is 1. The topological polar surface area (TPSA) is 83.6 Å². The first kappa shape index (κ1) is 14.3. The first-order valence-electron chi connectivity index (χ1n) is 6.04.